The molecule has 0 unspecified atom stereocenters. The first-order valence-corrected chi connectivity index (χ1v) is 4.51. The maximum Gasteiger partial charge on any atom is 0.303 e. The summed E-state index contributed by atoms with van der Waals surface area (Å²) < 4.78 is 1.49. The van der Waals surface area contributed by atoms with Crippen molar-refractivity contribution in [3.63, 3.8) is 0 Å². The maximum absolute atomic E-state index is 10.3. The number of halogens is 1. The zero-order valence-electron chi connectivity index (χ0n) is 7.48. The lowest BCUT2D eigenvalue weighted by atomic mass is 10.3. The number of aliphatic carboxylic acids is 1. The summed E-state index contributed by atoms with van der Waals surface area (Å²) in [6.45, 7) is 0.457. The van der Waals surface area contributed by atoms with Gasteiger partial charge in [-0.05, 0) is 12.5 Å². The Hall–Kier alpha value is -1.36. The van der Waals surface area contributed by atoms with E-state index < -0.39 is 5.97 Å². The second kappa shape index (κ2) is 4.76. The summed E-state index contributed by atoms with van der Waals surface area (Å²) >= 11 is 5.65. The number of carbonyl (C=O) groups is 1. The van der Waals surface area contributed by atoms with Crippen LogP contribution in [0.25, 0.3) is 0 Å². The number of nitrogens with zero attached hydrogens (tertiary/aromatic N) is 2. The van der Waals surface area contributed by atoms with Crippen molar-refractivity contribution in [1.29, 1.82) is 0 Å². The number of aryl methyl sites for hydroxylation is 1. The molecule has 14 heavy (non-hydrogen) atoms. The van der Waals surface area contributed by atoms with E-state index in [-0.39, 0.29) is 6.42 Å². The Bertz CT molecular complexity index is 343. The van der Waals surface area contributed by atoms with Gasteiger partial charge in [-0.2, -0.15) is 0 Å². The standard InChI is InChI=1S/C8H10ClN3O2/c9-6-3-4-7(10)12(11-6)5-1-2-8(13)14/h3-4,10H,1-2,5H2,(H,13,14)/p+1. The van der Waals surface area contributed by atoms with E-state index in [9.17, 15) is 4.79 Å². The summed E-state index contributed by atoms with van der Waals surface area (Å²) in [5.41, 5.74) is 5.60. The molecule has 0 aliphatic rings. The first-order chi connectivity index (χ1) is 6.59. The summed E-state index contributed by atoms with van der Waals surface area (Å²) in [7, 11) is 0. The molecule has 0 bridgehead atoms. The van der Waals surface area contributed by atoms with Crippen molar-refractivity contribution in [2.24, 2.45) is 0 Å². The van der Waals surface area contributed by atoms with Crippen molar-refractivity contribution < 1.29 is 14.6 Å². The van der Waals surface area contributed by atoms with E-state index in [1.807, 2.05) is 0 Å². The van der Waals surface area contributed by atoms with E-state index in [0.29, 0.717) is 23.9 Å². The Morgan fingerprint density at radius 3 is 3.00 bits per heavy atom. The molecule has 0 aliphatic heterocycles. The molecule has 0 spiro atoms. The van der Waals surface area contributed by atoms with Gasteiger partial charge in [0.2, 0.25) is 0 Å². The SMILES string of the molecule is Nc1ccc(Cl)n[n+]1CCCC(=O)O. The van der Waals surface area contributed by atoms with E-state index in [0.717, 1.165) is 0 Å². The lowest BCUT2D eigenvalue weighted by molar-refractivity contribution is -0.740. The Morgan fingerprint density at radius 2 is 2.36 bits per heavy atom. The highest BCUT2D eigenvalue weighted by Gasteiger charge is 2.07. The molecular formula is C8H11ClN3O2+. The summed E-state index contributed by atoms with van der Waals surface area (Å²) in [6, 6.07) is 3.22. The summed E-state index contributed by atoms with van der Waals surface area (Å²) in [6.07, 6.45) is 0.582. The van der Waals surface area contributed by atoms with Crippen LogP contribution >= 0.6 is 11.6 Å². The number of aromatic nitrogens is 2. The number of carboxylic acids is 1. The van der Waals surface area contributed by atoms with Crippen LogP contribution in [0.1, 0.15) is 12.8 Å². The summed E-state index contributed by atoms with van der Waals surface area (Å²) in [4.78, 5) is 10.3. The quantitative estimate of drug-likeness (QED) is 0.717. The van der Waals surface area contributed by atoms with Crippen LogP contribution in [0.2, 0.25) is 5.15 Å². The first kappa shape index (κ1) is 10.7. The minimum Gasteiger partial charge on any atom is -0.481 e. The predicted octanol–water partition coefficient (Wildman–Crippen LogP) is 0.469. The lowest BCUT2D eigenvalue weighted by Gasteiger charge is -1.99. The van der Waals surface area contributed by atoms with Gasteiger partial charge < -0.3 is 5.11 Å². The van der Waals surface area contributed by atoms with Gasteiger partial charge in [0.15, 0.2) is 5.15 Å². The van der Waals surface area contributed by atoms with Gasteiger partial charge in [-0.1, -0.05) is 16.7 Å². The van der Waals surface area contributed by atoms with E-state index in [4.69, 9.17) is 22.4 Å². The van der Waals surface area contributed by atoms with Crippen LogP contribution in [-0.2, 0) is 11.3 Å². The minimum atomic E-state index is -0.828. The molecule has 0 aromatic carbocycles. The monoisotopic (exact) mass is 216 g/mol. The fourth-order valence-electron chi connectivity index (χ4n) is 1.01. The lowest BCUT2D eigenvalue weighted by Crippen LogP contribution is -2.41. The number of anilines is 1. The Labute approximate surface area is 86.1 Å². The highest BCUT2D eigenvalue weighted by molar-refractivity contribution is 6.29. The van der Waals surface area contributed by atoms with Gasteiger partial charge in [0.1, 0.15) is 6.54 Å². The van der Waals surface area contributed by atoms with Crippen LogP contribution in [0.15, 0.2) is 12.1 Å². The zero-order chi connectivity index (χ0) is 10.6. The number of carboxylic acid groups (broad SMARTS) is 1. The van der Waals surface area contributed by atoms with Crippen molar-refractivity contribution in [3.05, 3.63) is 17.3 Å². The minimum absolute atomic E-state index is 0.0979. The van der Waals surface area contributed by atoms with Gasteiger partial charge >= 0.3 is 5.97 Å². The molecule has 1 rings (SSSR count). The van der Waals surface area contributed by atoms with E-state index in [2.05, 4.69) is 5.10 Å². The maximum atomic E-state index is 10.3. The van der Waals surface area contributed by atoms with E-state index in [1.54, 1.807) is 12.1 Å². The van der Waals surface area contributed by atoms with Crippen LogP contribution in [0.3, 0.4) is 0 Å². The normalized spacial score (nSPS) is 10.1. The number of nitrogen functional groups attached to an aromatic ring is 1. The molecule has 0 atom stereocenters. The molecular weight excluding hydrogens is 206 g/mol. The topological polar surface area (TPSA) is 80.1 Å². The van der Waals surface area contributed by atoms with Crippen molar-refractivity contribution >= 4 is 23.4 Å². The zero-order valence-corrected chi connectivity index (χ0v) is 8.24. The molecule has 0 radical (unpaired) electrons. The van der Waals surface area contributed by atoms with Crippen LogP contribution < -0.4 is 10.4 Å². The second-order valence-corrected chi connectivity index (χ2v) is 3.19. The highest BCUT2D eigenvalue weighted by atomic mass is 35.5. The average molecular weight is 217 g/mol. The molecule has 0 aliphatic carbocycles. The van der Waals surface area contributed by atoms with Crippen molar-refractivity contribution in [2.45, 2.75) is 19.4 Å². The van der Waals surface area contributed by atoms with Gasteiger partial charge in [0.25, 0.3) is 5.82 Å². The predicted molar refractivity (Wildman–Crippen MR) is 50.7 cm³/mol. The first-order valence-electron chi connectivity index (χ1n) is 4.13. The average Bonchev–Trinajstić information content (AvgIpc) is 2.10. The molecule has 1 aromatic heterocycles. The van der Waals surface area contributed by atoms with Crippen LogP contribution in [0.5, 0.6) is 0 Å². The molecule has 5 nitrogen and oxygen atoms in total. The molecule has 1 aromatic rings. The molecule has 6 heteroatoms. The smallest absolute Gasteiger partial charge is 0.303 e. The van der Waals surface area contributed by atoms with Crippen molar-refractivity contribution in [2.75, 3.05) is 5.73 Å². The molecule has 0 amide bonds. The van der Waals surface area contributed by atoms with Gasteiger partial charge in [-0.15, -0.1) is 4.68 Å². The van der Waals surface area contributed by atoms with Gasteiger partial charge in [0, 0.05) is 12.5 Å². The van der Waals surface area contributed by atoms with Gasteiger partial charge in [-0.3, -0.25) is 10.5 Å². The Balaban J connectivity index is 2.57. The Morgan fingerprint density at radius 1 is 1.64 bits per heavy atom. The number of nitrogens with two attached hydrogens (primary N) is 1. The van der Waals surface area contributed by atoms with Crippen LogP contribution in [-0.4, -0.2) is 16.2 Å². The summed E-state index contributed by atoms with van der Waals surface area (Å²) in [5, 5.41) is 12.7. The molecule has 76 valence electrons. The largest absolute Gasteiger partial charge is 0.481 e. The van der Waals surface area contributed by atoms with E-state index in [1.165, 1.54) is 4.68 Å². The van der Waals surface area contributed by atoms with E-state index >= 15 is 0 Å². The molecule has 1 heterocycles. The van der Waals surface area contributed by atoms with Crippen molar-refractivity contribution in [1.82, 2.24) is 5.10 Å². The third-order valence-corrected chi connectivity index (χ3v) is 1.87. The van der Waals surface area contributed by atoms with Gasteiger partial charge in [-0.25, -0.2) is 0 Å². The van der Waals surface area contributed by atoms with Crippen molar-refractivity contribution in [3.8, 4) is 0 Å². The van der Waals surface area contributed by atoms with Crippen LogP contribution in [0.4, 0.5) is 5.82 Å². The molecule has 0 fully saturated rings. The molecule has 0 saturated heterocycles. The molecule has 3 N–H and O–H groups in total. The third-order valence-electron chi connectivity index (χ3n) is 1.67. The third kappa shape index (κ3) is 3.18. The number of hydrogen-bond donors (Lipinski definition) is 2. The summed E-state index contributed by atoms with van der Waals surface area (Å²) in [5.74, 6) is -0.356. The fourth-order valence-corrected chi connectivity index (χ4v) is 1.16. The van der Waals surface area contributed by atoms with Gasteiger partial charge in [0.05, 0.1) is 0 Å². The highest BCUT2D eigenvalue weighted by Crippen LogP contribution is 2.02. The molecule has 0 saturated carbocycles. The number of rotatable bonds is 4. The fraction of sp³-hybridized carbons (Fsp3) is 0.375. The second-order valence-electron chi connectivity index (χ2n) is 2.80. The van der Waals surface area contributed by atoms with Crippen LogP contribution in [0, 0.1) is 0 Å². The number of hydrogen-bond acceptors (Lipinski definition) is 3. The Kier molecular flexibility index (Phi) is 3.64.